The first-order valence-electron chi connectivity index (χ1n) is 7.50. The van der Waals surface area contributed by atoms with Crippen LogP contribution in [0.15, 0.2) is 6.20 Å². The third-order valence-electron chi connectivity index (χ3n) is 4.21. The summed E-state index contributed by atoms with van der Waals surface area (Å²) in [5.41, 5.74) is 6.37. The molecule has 1 aliphatic heterocycles. The first-order chi connectivity index (χ1) is 9.70. The SMILES string of the molecule is CCCn1nc(C)c(CN2CCCc3[nH]ncc32)c1C. The van der Waals surface area contributed by atoms with Gasteiger partial charge in [0.1, 0.15) is 0 Å². The Balaban J connectivity index is 1.86. The maximum atomic E-state index is 4.68. The molecule has 2 aromatic rings. The van der Waals surface area contributed by atoms with E-state index >= 15 is 0 Å². The zero-order chi connectivity index (χ0) is 14.1. The average Bonchev–Trinajstić information content (AvgIpc) is 3.00. The van der Waals surface area contributed by atoms with Gasteiger partial charge in [0.15, 0.2) is 0 Å². The van der Waals surface area contributed by atoms with Gasteiger partial charge in [0.2, 0.25) is 0 Å². The van der Waals surface area contributed by atoms with E-state index in [-0.39, 0.29) is 0 Å². The monoisotopic (exact) mass is 273 g/mol. The Morgan fingerprint density at radius 2 is 2.20 bits per heavy atom. The minimum atomic E-state index is 0.938. The van der Waals surface area contributed by atoms with E-state index in [0.29, 0.717) is 0 Å². The average molecular weight is 273 g/mol. The van der Waals surface area contributed by atoms with Gasteiger partial charge in [0.25, 0.3) is 0 Å². The lowest BCUT2D eigenvalue weighted by molar-refractivity contribution is 0.582. The second-order valence-corrected chi connectivity index (χ2v) is 5.63. The molecule has 0 amide bonds. The Kier molecular flexibility index (Phi) is 3.51. The molecule has 0 radical (unpaired) electrons. The molecule has 20 heavy (non-hydrogen) atoms. The first-order valence-corrected chi connectivity index (χ1v) is 7.50. The van der Waals surface area contributed by atoms with Gasteiger partial charge in [-0.1, -0.05) is 6.92 Å². The lowest BCUT2D eigenvalue weighted by atomic mass is 10.1. The van der Waals surface area contributed by atoms with Crippen LogP contribution in [0.25, 0.3) is 0 Å². The highest BCUT2D eigenvalue weighted by Crippen LogP contribution is 2.27. The first kappa shape index (κ1) is 13.2. The highest BCUT2D eigenvalue weighted by atomic mass is 15.3. The summed E-state index contributed by atoms with van der Waals surface area (Å²) >= 11 is 0. The van der Waals surface area contributed by atoms with Crippen molar-refractivity contribution in [3.8, 4) is 0 Å². The molecule has 1 N–H and O–H groups in total. The number of nitrogens with zero attached hydrogens (tertiary/aromatic N) is 4. The van der Waals surface area contributed by atoms with Crippen molar-refractivity contribution in [1.29, 1.82) is 0 Å². The molecular weight excluding hydrogens is 250 g/mol. The second kappa shape index (κ2) is 5.31. The number of hydrogen-bond donors (Lipinski definition) is 1. The fraction of sp³-hybridized carbons (Fsp3) is 0.600. The highest BCUT2D eigenvalue weighted by Gasteiger charge is 2.21. The van der Waals surface area contributed by atoms with Crippen LogP contribution in [0.1, 0.15) is 42.4 Å². The molecule has 0 aliphatic carbocycles. The van der Waals surface area contributed by atoms with Crippen LogP contribution in [0.5, 0.6) is 0 Å². The van der Waals surface area contributed by atoms with Gasteiger partial charge in [-0.05, 0) is 33.1 Å². The van der Waals surface area contributed by atoms with Gasteiger partial charge in [-0.2, -0.15) is 10.2 Å². The summed E-state index contributed by atoms with van der Waals surface area (Å²) in [6.07, 6.45) is 5.38. The number of hydrogen-bond acceptors (Lipinski definition) is 3. The number of aromatic nitrogens is 4. The quantitative estimate of drug-likeness (QED) is 0.931. The van der Waals surface area contributed by atoms with Crippen LogP contribution in [0.2, 0.25) is 0 Å². The van der Waals surface area contributed by atoms with Crippen LogP contribution in [0, 0.1) is 13.8 Å². The zero-order valence-corrected chi connectivity index (χ0v) is 12.6. The second-order valence-electron chi connectivity index (χ2n) is 5.63. The van der Waals surface area contributed by atoms with Gasteiger partial charge in [-0.3, -0.25) is 9.78 Å². The van der Waals surface area contributed by atoms with Crippen LogP contribution in [-0.2, 0) is 19.5 Å². The molecule has 0 saturated carbocycles. The summed E-state index contributed by atoms with van der Waals surface area (Å²) in [5, 5.41) is 12.0. The van der Waals surface area contributed by atoms with Crippen molar-refractivity contribution in [1.82, 2.24) is 20.0 Å². The van der Waals surface area contributed by atoms with Crippen molar-refractivity contribution in [2.24, 2.45) is 0 Å². The van der Waals surface area contributed by atoms with Crippen molar-refractivity contribution >= 4 is 5.69 Å². The molecule has 0 aromatic carbocycles. The number of aromatic amines is 1. The predicted octanol–water partition coefficient (Wildman–Crippen LogP) is 2.59. The highest BCUT2D eigenvalue weighted by molar-refractivity contribution is 5.51. The van der Waals surface area contributed by atoms with Crippen molar-refractivity contribution in [3.05, 3.63) is 28.8 Å². The van der Waals surface area contributed by atoms with Crippen LogP contribution in [0.4, 0.5) is 5.69 Å². The molecule has 0 bridgehead atoms. The molecule has 2 aromatic heterocycles. The molecule has 5 nitrogen and oxygen atoms in total. The van der Waals surface area contributed by atoms with Gasteiger partial charge >= 0.3 is 0 Å². The van der Waals surface area contributed by atoms with Crippen molar-refractivity contribution in [3.63, 3.8) is 0 Å². The van der Waals surface area contributed by atoms with Crippen LogP contribution in [-0.4, -0.2) is 26.5 Å². The summed E-state index contributed by atoms with van der Waals surface area (Å²) < 4.78 is 2.14. The fourth-order valence-corrected chi connectivity index (χ4v) is 3.08. The maximum Gasteiger partial charge on any atom is 0.0785 e. The molecule has 108 valence electrons. The Hall–Kier alpha value is -1.78. The van der Waals surface area contributed by atoms with E-state index < -0.39 is 0 Å². The third-order valence-corrected chi connectivity index (χ3v) is 4.21. The number of fused-ring (bicyclic) bond motifs is 1. The van der Waals surface area contributed by atoms with E-state index in [1.54, 1.807) is 0 Å². The number of aryl methyl sites for hydroxylation is 3. The molecule has 0 unspecified atom stereocenters. The van der Waals surface area contributed by atoms with E-state index in [4.69, 9.17) is 0 Å². The summed E-state index contributed by atoms with van der Waals surface area (Å²) in [6, 6.07) is 0. The van der Waals surface area contributed by atoms with Gasteiger partial charge in [0, 0.05) is 30.9 Å². The van der Waals surface area contributed by atoms with Gasteiger partial charge < -0.3 is 4.90 Å². The predicted molar refractivity (Wildman–Crippen MR) is 80.0 cm³/mol. The molecule has 0 saturated heterocycles. The van der Waals surface area contributed by atoms with E-state index in [9.17, 15) is 0 Å². The van der Waals surface area contributed by atoms with Crippen molar-refractivity contribution < 1.29 is 0 Å². The standard InChI is InChI=1S/C15H23N5/c1-4-7-20-12(3)13(11(2)18-20)10-19-8-5-6-14-15(19)9-16-17-14/h9H,4-8,10H2,1-3H3,(H,16,17). The van der Waals surface area contributed by atoms with Crippen molar-refractivity contribution in [2.75, 3.05) is 11.4 Å². The zero-order valence-electron chi connectivity index (χ0n) is 12.6. The van der Waals surface area contributed by atoms with Gasteiger partial charge in [0.05, 0.1) is 23.3 Å². The van der Waals surface area contributed by atoms with Crippen LogP contribution >= 0.6 is 0 Å². The molecule has 1 aliphatic rings. The summed E-state index contributed by atoms with van der Waals surface area (Å²) in [7, 11) is 0. The van der Waals surface area contributed by atoms with Crippen LogP contribution in [0.3, 0.4) is 0 Å². The van der Waals surface area contributed by atoms with E-state index in [1.165, 1.54) is 29.1 Å². The Morgan fingerprint density at radius 3 is 3.00 bits per heavy atom. The Morgan fingerprint density at radius 1 is 1.35 bits per heavy atom. The molecular formula is C15H23N5. The van der Waals surface area contributed by atoms with Crippen molar-refractivity contribution in [2.45, 2.75) is 53.1 Å². The normalized spacial score (nSPS) is 14.7. The van der Waals surface area contributed by atoms with E-state index in [2.05, 4.69) is 45.6 Å². The fourth-order valence-electron chi connectivity index (χ4n) is 3.08. The molecule has 3 heterocycles. The Labute approximate surface area is 120 Å². The number of rotatable bonds is 4. The van der Waals surface area contributed by atoms with E-state index in [1.807, 2.05) is 6.20 Å². The minimum Gasteiger partial charge on any atom is -0.364 e. The number of H-pyrrole nitrogens is 1. The van der Waals surface area contributed by atoms with Gasteiger partial charge in [-0.25, -0.2) is 0 Å². The van der Waals surface area contributed by atoms with Gasteiger partial charge in [-0.15, -0.1) is 0 Å². The lowest BCUT2D eigenvalue weighted by Crippen LogP contribution is -2.28. The molecule has 0 atom stereocenters. The minimum absolute atomic E-state index is 0.938. The Bertz CT molecular complexity index is 595. The third kappa shape index (κ3) is 2.21. The lowest BCUT2D eigenvalue weighted by Gasteiger charge is -2.28. The summed E-state index contributed by atoms with van der Waals surface area (Å²) in [5.74, 6) is 0. The number of anilines is 1. The molecule has 5 heteroatoms. The van der Waals surface area contributed by atoms with E-state index in [0.717, 1.165) is 38.2 Å². The molecule has 0 spiro atoms. The number of nitrogens with one attached hydrogen (secondary N) is 1. The molecule has 3 rings (SSSR count). The maximum absolute atomic E-state index is 4.68. The summed E-state index contributed by atoms with van der Waals surface area (Å²) in [4.78, 5) is 2.43. The molecule has 0 fully saturated rings. The topological polar surface area (TPSA) is 49.7 Å². The summed E-state index contributed by atoms with van der Waals surface area (Å²) in [6.45, 7) is 9.54. The van der Waals surface area contributed by atoms with Crippen LogP contribution < -0.4 is 4.90 Å². The largest absolute Gasteiger partial charge is 0.364 e. The smallest absolute Gasteiger partial charge is 0.0785 e.